The minimum atomic E-state index is -1.26. The van der Waals surface area contributed by atoms with E-state index in [1.807, 2.05) is 57.3 Å². The molecule has 0 saturated carbocycles. The number of likely N-dealkylation sites (N-methyl/N-ethyl adjacent to an activating group) is 1. The van der Waals surface area contributed by atoms with Crippen molar-refractivity contribution in [2.75, 3.05) is 27.2 Å². The van der Waals surface area contributed by atoms with Crippen molar-refractivity contribution in [1.82, 2.24) is 30.2 Å². The number of nitrogens with one attached hydrogen (secondary N) is 1. The van der Waals surface area contributed by atoms with Gasteiger partial charge in [-0.05, 0) is 90.0 Å². The van der Waals surface area contributed by atoms with Gasteiger partial charge in [0.1, 0.15) is 12.2 Å². The summed E-state index contributed by atoms with van der Waals surface area (Å²) in [5.41, 5.74) is 3.15. The number of hydrogen-bond donors (Lipinski definition) is 5. The number of aromatic nitrogens is 4. The molecule has 3 unspecified atom stereocenters. The molecule has 0 amide bonds. The maximum atomic E-state index is 13.7. The Balaban J connectivity index is 1.42. The van der Waals surface area contributed by atoms with Gasteiger partial charge >= 0.3 is 5.97 Å². The number of benzene rings is 1. The van der Waals surface area contributed by atoms with E-state index in [0.717, 1.165) is 22.2 Å². The third-order valence-electron chi connectivity index (χ3n) is 11.6. The van der Waals surface area contributed by atoms with E-state index in [4.69, 9.17) is 14.2 Å². The Morgan fingerprint density at radius 2 is 1.83 bits per heavy atom. The molecule has 0 bridgehead atoms. The van der Waals surface area contributed by atoms with Crippen LogP contribution in [0.25, 0.3) is 16.6 Å². The van der Waals surface area contributed by atoms with Crippen LogP contribution in [0.15, 0.2) is 66.5 Å². The predicted molar refractivity (Wildman–Crippen MR) is 217 cm³/mol. The molecule has 5 N–H and O–H groups in total. The van der Waals surface area contributed by atoms with Crippen molar-refractivity contribution >= 4 is 22.7 Å². The third-order valence-corrected chi connectivity index (χ3v) is 11.6. The highest BCUT2D eigenvalue weighted by atomic mass is 16.7. The number of carbonyl (C=O) groups is 2. The summed E-state index contributed by atoms with van der Waals surface area (Å²) in [4.78, 5) is 33.2. The number of aliphatic hydroxyl groups excluding tert-OH is 4. The monoisotopic (exact) mass is 806 g/mol. The molecule has 15 nitrogen and oxygen atoms in total. The molecule has 3 aromatic rings. The average molecular weight is 807 g/mol. The normalized spacial score (nSPS) is 33.5. The fourth-order valence-corrected chi connectivity index (χ4v) is 8.15. The van der Waals surface area contributed by atoms with Gasteiger partial charge in [0.2, 0.25) is 0 Å². The lowest BCUT2D eigenvalue weighted by atomic mass is 9.79. The molecule has 318 valence electrons. The van der Waals surface area contributed by atoms with Gasteiger partial charge in [-0.2, -0.15) is 0 Å². The maximum absolute atomic E-state index is 13.7. The second kappa shape index (κ2) is 20.9. The zero-order valence-electron chi connectivity index (χ0n) is 34.7. The molecule has 58 heavy (non-hydrogen) atoms. The fourth-order valence-electron chi connectivity index (χ4n) is 8.15. The smallest absolute Gasteiger partial charge is 0.308 e. The number of nitrogens with zero attached hydrogens (tertiary/aromatic N) is 5. The molecule has 5 rings (SSSR count). The van der Waals surface area contributed by atoms with Crippen LogP contribution in [0.4, 0.5) is 0 Å². The minimum Gasteiger partial charge on any atom is -0.462 e. The summed E-state index contributed by atoms with van der Waals surface area (Å²) >= 11 is 0. The van der Waals surface area contributed by atoms with Crippen LogP contribution in [0.3, 0.4) is 0 Å². The summed E-state index contributed by atoms with van der Waals surface area (Å²) in [6, 6.07) is 8.98. The van der Waals surface area contributed by atoms with E-state index in [9.17, 15) is 30.0 Å². The molecule has 0 radical (unpaired) electrons. The molecular formula is C43H62N6O9. The van der Waals surface area contributed by atoms with Crippen molar-refractivity contribution in [3.63, 3.8) is 0 Å². The molecule has 12 atom stereocenters. The predicted octanol–water partition coefficient (Wildman–Crippen LogP) is 3.12. The van der Waals surface area contributed by atoms with Gasteiger partial charge in [-0.25, -0.2) is 4.68 Å². The summed E-state index contributed by atoms with van der Waals surface area (Å²) in [7, 11) is 3.51. The third kappa shape index (κ3) is 11.2. The summed E-state index contributed by atoms with van der Waals surface area (Å²) in [5, 5.41) is 57.5. The second-order valence-corrected chi connectivity index (χ2v) is 16.2. The standard InChI is InChI=1S/C43H62N6O9/c1-8-37-30(24-50)19-25(2)14-15-35(51)26(3)20-29(16-18-44-22-31-23-49(47-46-31)34-13-9-12-33-32(34)11-10-17-45-33)42(27(4)36(52)21-38(53)57-37)58-43-41(55)39(48(6)7)40(54)28(5)56-43/h9-15,17,19,23,26-30,36-37,39-44,50,52,54-55H,8,16,18,20-22,24H2,1-7H3/b15-14+,25-19+/t26-,27+,28-,29+,30-,36-,37-,39?,40?,41?,42-,43+/m1/s1. The number of allylic oxidation sites excluding steroid dienone is 3. The summed E-state index contributed by atoms with van der Waals surface area (Å²) < 4.78 is 20.3. The summed E-state index contributed by atoms with van der Waals surface area (Å²) in [6.45, 7) is 9.60. The number of cyclic esters (lactones) is 1. The van der Waals surface area contributed by atoms with E-state index in [1.54, 1.807) is 55.9 Å². The van der Waals surface area contributed by atoms with Crippen LogP contribution in [-0.4, -0.2) is 133 Å². The molecule has 2 aromatic heterocycles. The zero-order chi connectivity index (χ0) is 42.1. The van der Waals surface area contributed by atoms with Crippen molar-refractivity contribution in [2.24, 2.45) is 23.7 Å². The van der Waals surface area contributed by atoms with Crippen molar-refractivity contribution in [3.05, 3.63) is 72.2 Å². The summed E-state index contributed by atoms with van der Waals surface area (Å²) in [5.74, 6) is -2.80. The Labute approximate surface area is 341 Å². The Morgan fingerprint density at radius 1 is 1.05 bits per heavy atom. The second-order valence-electron chi connectivity index (χ2n) is 16.2. The minimum absolute atomic E-state index is 0.109. The first-order chi connectivity index (χ1) is 27.7. The number of hydrogen-bond acceptors (Lipinski definition) is 14. The first-order valence-corrected chi connectivity index (χ1v) is 20.4. The van der Waals surface area contributed by atoms with E-state index < -0.39 is 72.7 Å². The highest BCUT2D eigenvalue weighted by molar-refractivity contribution is 5.91. The van der Waals surface area contributed by atoms with Crippen LogP contribution >= 0.6 is 0 Å². The van der Waals surface area contributed by atoms with E-state index in [0.29, 0.717) is 38.0 Å². The first kappa shape index (κ1) is 45.2. The first-order valence-electron chi connectivity index (χ1n) is 20.4. The zero-order valence-corrected chi connectivity index (χ0v) is 34.7. The van der Waals surface area contributed by atoms with E-state index in [2.05, 4.69) is 20.6 Å². The lowest BCUT2D eigenvalue weighted by molar-refractivity contribution is -0.304. The molecule has 2 aliphatic heterocycles. The van der Waals surface area contributed by atoms with Gasteiger partial charge in [0.05, 0.1) is 66.6 Å². The Morgan fingerprint density at radius 3 is 2.55 bits per heavy atom. The molecule has 1 saturated heterocycles. The molecule has 4 heterocycles. The average Bonchev–Trinajstić information content (AvgIpc) is 3.68. The topological polar surface area (TPSA) is 202 Å². The number of ether oxygens (including phenoxy) is 3. The fraction of sp³-hybridized carbons (Fsp3) is 0.605. The maximum Gasteiger partial charge on any atom is 0.308 e. The largest absolute Gasteiger partial charge is 0.462 e. The van der Waals surface area contributed by atoms with E-state index >= 15 is 0 Å². The van der Waals surface area contributed by atoms with Gasteiger partial charge in [0, 0.05) is 35.9 Å². The van der Waals surface area contributed by atoms with Crippen molar-refractivity contribution < 1.29 is 44.2 Å². The number of aliphatic hydroxyl groups is 4. The summed E-state index contributed by atoms with van der Waals surface area (Å²) in [6.07, 6.45) is 2.72. The highest BCUT2D eigenvalue weighted by Crippen LogP contribution is 2.34. The van der Waals surface area contributed by atoms with Crippen LogP contribution in [0.1, 0.15) is 66.0 Å². The molecule has 0 spiro atoms. The van der Waals surface area contributed by atoms with Gasteiger partial charge in [0.15, 0.2) is 12.1 Å². The van der Waals surface area contributed by atoms with Crippen LogP contribution in [0.2, 0.25) is 0 Å². The molecule has 1 fully saturated rings. The number of carbonyl (C=O) groups excluding carboxylic acids is 2. The van der Waals surface area contributed by atoms with Crippen LogP contribution in [0.5, 0.6) is 0 Å². The number of pyridine rings is 1. The van der Waals surface area contributed by atoms with E-state index in [-0.39, 0.29) is 24.7 Å². The van der Waals surface area contributed by atoms with Crippen molar-refractivity contribution in [3.8, 4) is 5.69 Å². The van der Waals surface area contributed by atoms with Gasteiger partial charge in [-0.3, -0.25) is 14.6 Å². The highest BCUT2D eigenvalue weighted by Gasteiger charge is 2.47. The molecule has 2 aliphatic rings. The van der Waals surface area contributed by atoms with Crippen LogP contribution in [-0.2, 0) is 30.3 Å². The molecule has 15 heteroatoms. The number of esters is 1. The van der Waals surface area contributed by atoms with Gasteiger partial charge < -0.3 is 44.9 Å². The number of fused-ring (bicyclic) bond motifs is 1. The SMILES string of the molecule is CC[C@H]1OC(=O)C[C@@H](O)[C@H](C)[C@@H](O[C@@H]2O[C@H](C)C(O)C(N(C)C)C2O)[C@@H](CCNCc2cn(-c3cccc4ncccc34)nn2)C[C@@H](C)C(=O)/C=C/C(C)=C/[C@@H]1CO. The molecule has 0 aliphatic carbocycles. The Kier molecular flexibility index (Phi) is 16.2. The van der Waals surface area contributed by atoms with Crippen molar-refractivity contribution in [2.45, 2.75) is 116 Å². The lowest BCUT2D eigenvalue weighted by Gasteiger charge is -2.46. The van der Waals surface area contributed by atoms with Gasteiger partial charge in [0.25, 0.3) is 0 Å². The quantitative estimate of drug-likeness (QED) is 0.140. The Hall–Kier alpha value is -3.93. The van der Waals surface area contributed by atoms with E-state index in [1.165, 1.54) is 6.08 Å². The lowest BCUT2D eigenvalue weighted by Crippen LogP contribution is -2.63. The van der Waals surface area contributed by atoms with Crippen molar-refractivity contribution in [1.29, 1.82) is 0 Å². The van der Waals surface area contributed by atoms with Gasteiger partial charge in [-0.1, -0.05) is 49.8 Å². The molecular weight excluding hydrogens is 745 g/mol. The van der Waals surface area contributed by atoms with Crippen LogP contribution in [0, 0.1) is 23.7 Å². The number of rotatable bonds is 11. The Bertz CT molecular complexity index is 1860. The van der Waals surface area contributed by atoms with Gasteiger partial charge in [-0.15, -0.1) is 5.10 Å². The number of ketones is 1. The van der Waals surface area contributed by atoms with Crippen LogP contribution < -0.4 is 5.32 Å². The molecule has 1 aromatic carbocycles.